The van der Waals surface area contributed by atoms with Crippen molar-refractivity contribution in [3.8, 4) is 11.4 Å². The molecule has 1 aliphatic rings. The summed E-state index contributed by atoms with van der Waals surface area (Å²) in [6.07, 6.45) is 8.26. The van der Waals surface area contributed by atoms with Crippen LogP contribution >= 0.6 is 0 Å². The van der Waals surface area contributed by atoms with E-state index in [2.05, 4.69) is 15.1 Å². The van der Waals surface area contributed by atoms with Gasteiger partial charge in [-0.25, -0.2) is 0 Å². The predicted octanol–water partition coefficient (Wildman–Crippen LogP) is 1.68. The van der Waals surface area contributed by atoms with Crippen molar-refractivity contribution in [3.05, 3.63) is 30.4 Å². The molecule has 0 bridgehead atoms. The van der Waals surface area contributed by atoms with Crippen LogP contribution in [0.5, 0.6) is 0 Å². The van der Waals surface area contributed by atoms with Gasteiger partial charge in [-0.1, -0.05) is 0 Å². The fourth-order valence-electron chi connectivity index (χ4n) is 3.13. The van der Waals surface area contributed by atoms with E-state index in [1.165, 1.54) is 0 Å². The summed E-state index contributed by atoms with van der Waals surface area (Å²) < 4.78 is 1.82. The molecular weight excluding hydrogens is 278 g/mol. The number of piperidine rings is 1. The number of rotatable bonds is 3. The molecule has 0 N–H and O–H groups in total. The Labute approximate surface area is 130 Å². The van der Waals surface area contributed by atoms with Crippen LogP contribution in [0.4, 0.5) is 0 Å². The van der Waals surface area contributed by atoms with E-state index in [0.717, 1.165) is 49.4 Å². The van der Waals surface area contributed by atoms with E-state index in [1.807, 2.05) is 22.7 Å². The van der Waals surface area contributed by atoms with Crippen molar-refractivity contribution in [2.75, 3.05) is 13.1 Å². The average molecular weight is 299 g/mol. The zero-order valence-corrected chi connectivity index (χ0v) is 13.1. The number of amides is 1. The lowest BCUT2D eigenvalue weighted by Gasteiger charge is -2.32. The minimum Gasteiger partial charge on any atom is -0.343 e. The van der Waals surface area contributed by atoms with Gasteiger partial charge in [0.25, 0.3) is 0 Å². The third kappa shape index (κ3) is 3.00. The van der Waals surface area contributed by atoms with E-state index in [1.54, 1.807) is 25.5 Å². The molecule has 2 aromatic heterocycles. The van der Waals surface area contributed by atoms with Crippen LogP contribution in [0.2, 0.25) is 0 Å². The lowest BCUT2D eigenvalue weighted by atomic mass is 9.92. The fraction of sp³-hybridized carbons (Fsp3) is 0.500. The van der Waals surface area contributed by atoms with Crippen LogP contribution in [0.1, 0.15) is 25.5 Å². The van der Waals surface area contributed by atoms with Crippen molar-refractivity contribution < 1.29 is 4.79 Å². The Balaban J connectivity index is 1.81. The van der Waals surface area contributed by atoms with Crippen molar-refractivity contribution in [2.45, 2.75) is 26.2 Å². The van der Waals surface area contributed by atoms with E-state index < -0.39 is 0 Å². The number of carbonyl (C=O) groups excluding carboxylic acids is 1. The Morgan fingerprint density at radius 1 is 1.32 bits per heavy atom. The molecule has 1 aliphatic heterocycles. The summed E-state index contributed by atoms with van der Waals surface area (Å²) in [5.74, 6) is 0.608. The molecule has 116 valence electrons. The normalized spacial score (nSPS) is 18.5. The maximum Gasteiger partial charge on any atom is 0.219 e. The second-order valence-corrected chi connectivity index (χ2v) is 5.87. The molecule has 22 heavy (non-hydrogen) atoms. The summed E-state index contributed by atoms with van der Waals surface area (Å²) in [6.45, 7) is 3.34. The maximum atomic E-state index is 11.6. The zero-order chi connectivity index (χ0) is 15.5. The lowest BCUT2D eigenvalue weighted by Crippen LogP contribution is -2.39. The molecule has 0 radical (unpaired) electrons. The second-order valence-electron chi connectivity index (χ2n) is 5.87. The Kier molecular flexibility index (Phi) is 4.18. The van der Waals surface area contributed by atoms with Gasteiger partial charge in [0, 0.05) is 45.7 Å². The third-order valence-corrected chi connectivity index (χ3v) is 4.28. The van der Waals surface area contributed by atoms with Crippen molar-refractivity contribution in [3.63, 3.8) is 0 Å². The molecule has 0 aromatic carbocycles. The molecule has 6 nitrogen and oxygen atoms in total. The summed E-state index contributed by atoms with van der Waals surface area (Å²) >= 11 is 0. The van der Waals surface area contributed by atoms with Crippen molar-refractivity contribution in [2.24, 2.45) is 13.0 Å². The van der Waals surface area contributed by atoms with Gasteiger partial charge in [0.05, 0.1) is 11.4 Å². The van der Waals surface area contributed by atoms with Gasteiger partial charge in [0.2, 0.25) is 5.91 Å². The van der Waals surface area contributed by atoms with Gasteiger partial charge >= 0.3 is 0 Å². The van der Waals surface area contributed by atoms with Gasteiger partial charge in [-0.05, 0) is 31.2 Å². The monoisotopic (exact) mass is 299 g/mol. The number of aryl methyl sites for hydroxylation is 1. The van der Waals surface area contributed by atoms with Gasteiger partial charge in [0.15, 0.2) is 0 Å². The molecule has 1 saturated heterocycles. The number of aromatic nitrogens is 4. The highest BCUT2D eigenvalue weighted by Crippen LogP contribution is 2.25. The second kappa shape index (κ2) is 6.25. The summed E-state index contributed by atoms with van der Waals surface area (Å²) in [7, 11) is 1.91. The van der Waals surface area contributed by atoms with Crippen molar-refractivity contribution in [1.29, 1.82) is 0 Å². The van der Waals surface area contributed by atoms with Crippen molar-refractivity contribution >= 4 is 5.91 Å². The Bertz CT molecular complexity index is 666. The minimum absolute atomic E-state index is 0.163. The van der Waals surface area contributed by atoms with Crippen LogP contribution < -0.4 is 0 Å². The lowest BCUT2D eigenvalue weighted by molar-refractivity contribution is -0.130. The first-order chi connectivity index (χ1) is 10.6. The van der Waals surface area contributed by atoms with E-state index in [0.29, 0.717) is 5.92 Å². The quantitative estimate of drug-likeness (QED) is 0.865. The van der Waals surface area contributed by atoms with Crippen LogP contribution in [-0.2, 0) is 18.3 Å². The van der Waals surface area contributed by atoms with E-state index in [-0.39, 0.29) is 5.91 Å². The number of nitrogens with zero attached hydrogens (tertiary/aromatic N) is 5. The van der Waals surface area contributed by atoms with E-state index in [4.69, 9.17) is 0 Å². The number of likely N-dealkylation sites (tertiary alicyclic amines) is 1. The van der Waals surface area contributed by atoms with Crippen LogP contribution in [0.3, 0.4) is 0 Å². The van der Waals surface area contributed by atoms with Crippen molar-refractivity contribution in [1.82, 2.24) is 24.6 Å². The van der Waals surface area contributed by atoms with E-state index in [9.17, 15) is 4.79 Å². The molecule has 6 heteroatoms. The smallest absolute Gasteiger partial charge is 0.219 e. The number of hydrogen-bond donors (Lipinski definition) is 0. The minimum atomic E-state index is 0.163. The molecule has 2 aromatic rings. The predicted molar refractivity (Wildman–Crippen MR) is 82.9 cm³/mol. The molecule has 1 fully saturated rings. The molecule has 0 spiro atoms. The van der Waals surface area contributed by atoms with Gasteiger partial charge in [0.1, 0.15) is 5.69 Å². The van der Waals surface area contributed by atoms with Gasteiger partial charge in [-0.15, -0.1) is 0 Å². The first-order valence-electron chi connectivity index (χ1n) is 7.69. The molecule has 3 heterocycles. The molecule has 1 atom stereocenters. The highest BCUT2D eigenvalue weighted by atomic mass is 16.2. The topological polar surface area (TPSA) is 63.9 Å². The summed E-state index contributed by atoms with van der Waals surface area (Å²) in [4.78, 5) is 22.6. The summed E-state index contributed by atoms with van der Waals surface area (Å²) in [5.41, 5.74) is 2.85. The van der Waals surface area contributed by atoms with Gasteiger partial charge in [-0.3, -0.25) is 19.4 Å². The summed E-state index contributed by atoms with van der Waals surface area (Å²) in [6, 6.07) is 1.95. The largest absolute Gasteiger partial charge is 0.343 e. The standard InChI is InChI=1S/C16H21N5O/c1-12(22)21-9-3-4-13(11-21)10-14-16(18-8-7-17-14)15-5-6-19-20(15)2/h5-8,13H,3-4,9-11H2,1-2H3/t13-/m1/s1. The van der Waals surface area contributed by atoms with E-state index >= 15 is 0 Å². The van der Waals surface area contributed by atoms with Crippen LogP contribution in [0.15, 0.2) is 24.7 Å². The Hall–Kier alpha value is -2.24. The van der Waals surface area contributed by atoms with Gasteiger partial charge < -0.3 is 4.90 Å². The number of hydrogen-bond acceptors (Lipinski definition) is 4. The SMILES string of the molecule is CC(=O)N1CCC[C@H](Cc2nccnc2-c2ccnn2C)C1. The molecule has 1 amide bonds. The maximum absolute atomic E-state index is 11.6. The molecule has 0 saturated carbocycles. The number of carbonyl (C=O) groups is 1. The Morgan fingerprint density at radius 2 is 2.14 bits per heavy atom. The highest BCUT2D eigenvalue weighted by Gasteiger charge is 2.23. The molecule has 0 aliphatic carbocycles. The molecule has 0 unspecified atom stereocenters. The highest BCUT2D eigenvalue weighted by molar-refractivity contribution is 5.73. The molecular formula is C16H21N5O. The molecule has 3 rings (SSSR count). The van der Waals surface area contributed by atoms with Crippen LogP contribution in [0.25, 0.3) is 11.4 Å². The van der Waals surface area contributed by atoms with Crippen LogP contribution in [-0.4, -0.2) is 43.6 Å². The zero-order valence-electron chi connectivity index (χ0n) is 13.1. The Morgan fingerprint density at radius 3 is 2.86 bits per heavy atom. The first-order valence-corrected chi connectivity index (χ1v) is 7.69. The third-order valence-electron chi connectivity index (χ3n) is 4.28. The summed E-state index contributed by atoms with van der Waals surface area (Å²) in [5, 5.41) is 4.21. The fourth-order valence-corrected chi connectivity index (χ4v) is 3.13. The van der Waals surface area contributed by atoms with Gasteiger partial charge in [-0.2, -0.15) is 5.10 Å². The average Bonchev–Trinajstić information content (AvgIpc) is 2.94. The first kappa shape index (κ1) is 14.7. The van der Waals surface area contributed by atoms with Crippen LogP contribution in [0, 0.1) is 5.92 Å².